The number of hydrogen-bond donors (Lipinski definition) is 3. The van der Waals surface area contributed by atoms with Crippen LogP contribution in [0.3, 0.4) is 0 Å². The number of thioether (sulfide) groups is 1. The predicted octanol–water partition coefficient (Wildman–Crippen LogP) is 0.284. The van der Waals surface area contributed by atoms with Crippen LogP contribution in [0.2, 0.25) is 0 Å². The minimum atomic E-state index is -0.697. The average molecular weight is 280 g/mol. The first-order valence-corrected chi connectivity index (χ1v) is 6.19. The van der Waals surface area contributed by atoms with Crippen molar-refractivity contribution >= 4 is 23.1 Å². The Hall–Kier alpha value is -2.49. The smallest absolute Gasteiger partial charge is 0.312 e. The minimum Gasteiger partial charge on any atom is -0.312 e. The molecule has 2 heterocycles. The summed E-state index contributed by atoms with van der Waals surface area (Å²) in [5.41, 5.74) is -1.97. The standard InChI is InChI=1S/C9H8N6O3S/c1-19-9-11-3-5(7(17)13-9)15-14-4-2-10-8(18)12-6(4)16/h2-3H,1H3,(H,11,13,17)(H2,10,12,16,18). The van der Waals surface area contributed by atoms with Crippen LogP contribution in [0.25, 0.3) is 0 Å². The van der Waals surface area contributed by atoms with E-state index in [1.165, 1.54) is 18.0 Å². The average Bonchev–Trinajstić information content (AvgIpc) is 2.39. The number of nitrogens with zero attached hydrogens (tertiary/aromatic N) is 3. The van der Waals surface area contributed by atoms with Crippen molar-refractivity contribution in [2.45, 2.75) is 5.16 Å². The van der Waals surface area contributed by atoms with Crippen LogP contribution < -0.4 is 16.8 Å². The third-order valence-corrected chi connectivity index (χ3v) is 2.61. The zero-order chi connectivity index (χ0) is 13.8. The molecule has 0 atom stereocenters. The minimum absolute atomic E-state index is 0.0385. The van der Waals surface area contributed by atoms with Crippen molar-refractivity contribution in [1.29, 1.82) is 0 Å². The van der Waals surface area contributed by atoms with Gasteiger partial charge in [-0.15, -0.1) is 10.2 Å². The van der Waals surface area contributed by atoms with Crippen LogP contribution in [0, 0.1) is 0 Å². The number of rotatable bonds is 3. The summed E-state index contributed by atoms with van der Waals surface area (Å²) < 4.78 is 0. The molecule has 10 heteroatoms. The first-order chi connectivity index (χ1) is 9.10. The van der Waals surface area contributed by atoms with Gasteiger partial charge in [-0.1, -0.05) is 11.8 Å². The second kappa shape index (κ2) is 5.44. The van der Waals surface area contributed by atoms with Crippen LogP contribution in [-0.2, 0) is 0 Å². The monoisotopic (exact) mass is 280 g/mol. The van der Waals surface area contributed by atoms with Gasteiger partial charge in [0.2, 0.25) is 0 Å². The Morgan fingerprint density at radius 3 is 2.42 bits per heavy atom. The van der Waals surface area contributed by atoms with Crippen molar-refractivity contribution in [1.82, 2.24) is 19.9 Å². The second-order valence-electron chi connectivity index (χ2n) is 3.26. The first-order valence-electron chi connectivity index (χ1n) is 4.97. The van der Waals surface area contributed by atoms with Gasteiger partial charge in [0, 0.05) is 6.20 Å². The lowest BCUT2D eigenvalue weighted by molar-refractivity contribution is 0.929. The van der Waals surface area contributed by atoms with E-state index < -0.39 is 16.8 Å². The highest BCUT2D eigenvalue weighted by atomic mass is 32.2. The molecule has 2 aromatic rings. The molecule has 0 aliphatic heterocycles. The van der Waals surface area contributed by atoms with Crippen molar-refractivity contribution in [2.75, 3.05) is 6.26 Å². The third kappa shape index (κ3) is 3.04. The molecule has 0 saturated carbocycles. The summed E-state index contributed by atoms with van der Waals surface area (Å²) in [5, 5.41) is 7.64. The van der Waals surface area contributed by atoms with Crippen LogP contribution in [-0.4, -0.2) is 26.2 Å². The van der Waals surface area contributed by atoms with Crippen LogP contribution in [0.15, 0.2) is 42.2 Å². The fourth-order valence-corrected chi connectivity index (χ4v) is 1.48. The van der Waals surface area contributed by atoms with E-state index in [9.17, 15) is 14.4 Å². The van der Waals surface area contributed by atoms with Gasteiger partial charge >= 0.3 is 5.69 Å². The number of azo groups is 1. The van der Waals surface area contributed by atoms with Crippen LogP contribution in [0.4, 0.5) is 11.4 Å². The molecule has 0 aliphatic rings. The van der Waals surface area contributed by atoms with Crippen molar-refractivity contribution in [2.24, 2.45) is 10.2 Å². The zero-order valence-electron chi connectivity index (χ0n) is 9.63. The molecular weight excluding hydrogens is 272 g/mol. The molecule has 0 amide bonds. The molecule has 0 bridgehead atoms. The third-order valence-electron chi connectivity index (χ3n) is 2.02. The Morgan fingerprint density at radius 1 is 1.11 bits per heavy atom. The highest BCUT2D eigenvalue weighted by molar-refractivity contribution is 7.98. The molecule has 9 nitrogen and oxygen atoms in total. The molecule has 98 valence electrons. The molecule has 19 heavy (non-hydrogen) atoms. The fourth-order valence-electron chi connectivity index (χ4n) is 1.13. The van der Waals surface area contributed by atoms with Gasteiger partial charge in [0.25, 0.3) is 11.1 Å². The van der Waals surface area contributed by atoms with E-state index in [-0.39, 0.29) is 11.4 Å². The molecular formula is C9H8N6O3S. The normalized spacial score (nSPS) is 11.0. The lowest BCUT2D eigenvalue weighted by atomic mass is 10.5. The van der Waals surface area contributed by atoms with Gasteiger partial charge in [0.05, 0.1) is 6.20 Å². The van der Waals surface area contributed by atoms with E-state index in [2.05, 4.69) is 25.2 Å². The summed E-state index contributed by atoms with van der Waals surface area (Å²) in [5.74, 6) is 0. The molecule has 0 unspecified atom stereocenters. The maximum Gasteiger partial charge on any atom is 0.325 e. The summed E-state index contributed by atoms with van der Waals surface area (Å²) >= 11 is 1.28. The molecule has 0 radical (unpaired) electrons. The molecule has 0 aliphatic carbocycles. The number of aromatic amines is 3. The van der Waals surface area contributed by atoms with Crippen molar-refractivity contribution < 1.29 is 0 Å². The van der Waals surface area contributed by atoms with Gasteiger partial charge in [0.15, 0.2) is 16.5 Å². The molecule has 0 saturated heterocycles. The molecule has 2 aromatic heterocycles. The Morgan fingerprint density at radius 2 is 1.79 bits per heavy atom. The van der Waals surface area contributed by atoms with Crippen LogP contribution >= 0.6 is 11.8 Å². The second-order valence-corrected chi connectivity index (χ2v) is 4.06. The van der Waals surface area contributed by atoms with Crippen molar-refractivity contribution in [3.05, 3.63) is 43.6 Å². The summed E-state index contributed by atoms with van der Waals surface area (Å²) in [6.45, 7) is 0. The van der Waals surface area contributed by atoms with Gasteiger partial charge < -0.3 is 4.98 Å². The summed E-state index contributed by atoms with van der Waals surface area (Å²) in [6.07, 6.45) is 4.11. The van der Waals surface area contributed by atoms with Crippen LogP contribution in [0.5, 0.6) is 0 Å². The van der Waals surface area contributed by atoms with E-state index in [4.69, 9.17) is 0 Å². The van der Waals surface area contributed by atoms with Crippen LogP contribution in [0.1, 0.15) is 0 Å². The molecule has 0 spiro atoms. The number of H-pyrrole nitrogens is 3. The van der Waals surface area contributed by atoms with Crippen molar-refractivity contribution in [3.63, 3.8) is 0 Å². The number of nitrogens with one attached hydrogen (secondary N) is 3. The first kappa shape index (κ1) is 13.0. The Labute approximate surface area is 109 Å². The van der Waals surface area contributed by atoms with Gasteiger partial charge in [-0.3, -0.25) is 19.6 Å². The largest absolute Gasteiger partial charge is 0.325 e. The SMILES string of the molecule is CSc1ncc(N=Nc2c[nH]c(=O)[nH]c2=O)c(=O)[nH]1. The maximum atomic E-state index is 11.6. The Kier molecular flexibility index (Phi) is 3.71. The Bertz CT molecular complexity index is 789. The highest BCUT2D eigenvalue weighted by Crippen LogP contribution is 2.10. The quantitative estimate of drug-likeness (QED) is 0.421. The van der Waals surface area contributed by atoms with E-state index in [1.807, 2.05) is 4.98 Å². The van der Waals surface area contributed by atoms with Gasteiger partial charge in [-0.05, 0) is 6.26 Å². The van der Waals surface area contributed by atoms with E-state index in [0.29, 0.717) is 5.16 Å². The summed E-state index contributed by atoms with van der Waals surface area (Å²) in [7, 11) is 0. The zero-order valence-corrected chi connectivity index (χ0v) is 10.4. The fraction of sp³-hybridized carbons (Fsp3) is 0.111. The topological polar surface area (TPSA) is 136 Å². The van der Waals surface area contributed by atoms with Gasteiger partial charge in [-0.25, -0.2) is 9.78 Å². The van der Waals surface area contributed by atoms with E-state index in [0.717, 1.165) is 6.20 Å². The highest BCUT2D eigenvalue weighted by Gasteiger charge is 2.02. The molecule has 2 rings (SSSR count). The van der Waals surface area contributed by atoms with Crippen molar-refractivity contribution in [3.8, 4) is 0 Å². The Balaban J connectivity index is 2.35. The molecule has 3 N–H and O–H groups in total. The van der Waals surface area contributed by atoms with E-state index in [1.54, 1.807) is 6.26 Å². The number of aromatic nitrogens is 4. The number of hydrogen-bond acceptors (Lipinski definition) is 7. The van der Waals surface area contributed by atoms with E-state index >= 15 is 0 Å². The lowest BCUT2D eigenvalue weighted by Crippen LogP contribution is -2.20. The van der Waals surface area contributed by atoms with Gasteiger partial charge in [0.1, 0.15) is 0 Å². The summed E-state index contributed by atoms with van der Waals surface area (Å²) in [4.78, 5) is 44.3. The summed E-state index contributed by atoms with van der Waals surface area (Å²) in [6, 6.07) is 0. The maximum absolute atomic E-state index is 11.6. The predicted molar refractivity (Wildman–Crippen MR) is 68.5 cm³/mol. The molecule has 0 aromatic carbocycles. The molecule has 0 fully saturated rings. The van der Waals surface area contributed by atoms with Gasteiger partial charge in [-0.2, -0.15) is 0 Å². The lowest BCUT2D eigenvalue weighted by Gasteiger charge is -1.95.